The molecule has 0 bridgehead atoms. The maximum atomic E-state index is 5.83. The van der Waals surface area contributed by atoms with Gasteiger partial charge in [0.25, 0.3) is 0 Å². The molecule has 0 saturated carbocycles. The fourth-order valence-electron chi connectivity index (χ4n) is 1.68. The number of hydrogen-bond acceptors (Lipinski definition) is 1. The molecular weight excluding hydrogens is 196 g/mol. The highest BCUT2D eigenvalue weighted by molar-refractivity contribution is 5.70. The number of fused-ring (bicyclic) bond motifs is 1. The van der Waals surface area contributed by atoms with Crippen LogP contribution in [0.5, 0.6) is 0 Å². The zero-order chi connectivity index (χ0) is 11.5. The summed E-state index contributed by atoms with van der Waals surface area (Å²) in [5.41, 5.74) is 6.18. The summed E-state index contributed by atoms with van der Waals surface area (Å²) in [5.74, 6) is 0.884. The maximum Gasteiger partial charge on any atom is 0.143 e. The van der Waals surface area contributed by atoms with E-state index in [1.165, 1.54) is 0 Å². The third-order valence-corrected chi connectivity index (χ3v) is 2.65. The van der Waals surface area contributed by atoms with E-state index >= 15 is 0 Å². The third-order valence-electron chi connectivity index (χ3n) is 2.65. The Morgan fingerprint density at radius 3 is 2.94 bits per heavy atom. The Balaban J connectivity index is 2.90. The zero-order valence-corrected chi connectivity index (χ0v) is 9.58. The van der Waals surface area contributed by atoms with Gasteiger partial charge >= 0.3 is 0 Å². The van der Waals surface area contributed by atoms with Crippen LogP contribution in [-0.2, 0) is 0 Å². The average Bonchev–Trinajstić information content (AvgIpc) is 2.49. The topological polar surface area (TPSA) is 13.1 Å². The van der Waals surface area contributed by atoms with Crippen LogP contribution in [0.15, 0.2) is 35.3 Å². The Kier molecular flexibility index (Phi) is 2.80. The van der Waals surface area contributed by atoms with E-state index in [2.05, 4.69) is 12.3 Å². The second kappa shape index (κ2) is 4.26. The first-order valence-electron chi connectivity index (χ1n) is 5.30. The molecule has 0 N–H and O–H groups in total. The zero-order valence-electron chi connectivity index (χ0n) is 9.58. The largest absolute Gasteiger partial charge is 0.455 e. The molecule has 1 aromatic heterocycles. The summed E-state index contributed by atoms with van der Waals surface area (Å²) in [4.78, 5) is 0. The molecule has 0 saturated heterocycles. The molecule has 1 aromatic rings. The van der Waals surface area contributed by atoms with Crippen molar-refractivity contribution in [1.82, 2.24) is 0 Å². The van der Waals surface area contributed by atoms with Crippen molar-refractivity contribution in [3.05, 3.63) is 52.8 Å². The van der Waals surface area contributed by atoms with E-state index in [4.69, 9.17) is 4.42 Å². The minimum atomic E-state index is 0.844. The van der Waals surface area contributed by atoms with Crippen molar-refractivity contribution in [2.24, 2.45) is 0 Å². The summed E-state index contributed by atoms with van der Waals surface area (Å²) in [7, 11) is 0. The van der Waals surface area contributed by atoms with Gasteiger partial charge in [-0.1, -0.05) is 30.9 Å². The molecular formula is C15H14O. The van der Waals surface area contributed by atoms with Gasteiger partial charge in [0.15, 0.2) is 0 Å². The number of hydrogen-bond donors (Lipinski definition) is 0. The van der Waals surface area contributed by atoms with Gasteiger partial charge in [-0.15, -0.1) is 5.73 Å². The molecule has 1 aliphatic rings. The van der Waals surface area contributed by atoms with Crippen molar-refractivity contribution < 1.29 is 4.42 Å². The van der Waals surface area contributed by atoms with Crippen molar-refractivity contribution in [1.29, 1.82) is 0 Å². The Morgan fingerprint density at radius 2 is 2.25 bits per heavy atom. The lowest BCUT2D eigenvalue weighted by atomic mass is 10.1. The SMILES string of the molecule is C=Cc1c(/C(C)=C\C)oc2c1=C=CC=CC=2. The highest BCUT2D eigenvalue weighted by atomic mass is 16.3. The van der Waals surface area contributed by atoms with Crippen molar-refractivity contribution in [2.45, 2.75) is 13.8 Å². The van der Waals surface area contributed by atoms with E-state index < -0.39 is 0 Å². The van der Waals surface area contributed by atoms with Crippen LogP contribution in [0.25, 0.3) is 23.5 Å². The van der Waals surface area contributed by atoms with Crippen LogP contribution < -0.4 is 10.6 Å². The lowest BCUT2D eigenvalue weighted by molar-refractivity contribution is 0.518. The minimum absolute atomic E-state index is 0.844. The molecule has 80 valence electrons. The second-order valence-electron chi connectivity index (χ2n) is 3.62. The molecule has 0 spiro atoms. The monoisotopic (exact) mass is 210 g/mol. The molecule has 0 amide bonds. The Hall–Kier alpha value is -1.98. The van der Waals surface area contributed by atoms with Crippen molar-refractivity contribution in [3.8, 4) is 0 Å². The third kappa shape index (κ3) is 1.62. The van der Waals surface area contributed by atoms with Crippen molar-refractivity contribution >= 4 is 23.5 Å². The summed E-state index contributed by atoms with van der Waals surface area (Å²) in [5, 5.41) is 0.983. The Morgan fingerprint density at radius 1 is 1.44 bits per heavy atom. The van der Waals surface area contributed by atoms with Gasteiger partial charge in [-0.2, -0.15) is 0 Å². The molecule has 0 atom stereocenters. The molecule has 0 aromatic carbocycles. The van der Waals surface area contributed by atoms with E-state index in [0.717, 1.165) is 27.5 Å². The van der Waals surface area contributed by atoms with Gasteiger partial charge in [0.05, 0.1) is 5.22 Å². The van der Waals surface area contributed by atoms with Crippen molar-refractivity contribution in [2.75, 3.05) is 0 Å². The van der Waals surface area contributed by atoms with Gasteiger partial charge < -0.3 is 4.42 Å². The lowest BCUT2D eigenvalue weighted by Crippen LogP contribution is -2.19. The summed E-state index contributed by atoms with van der Waals surface area (Å²) >= 11 is 0. The van der Waals surface area contributed by atoms with Gasteiger partial charge in [0.2, 0.25) is 0 Å². The van der Waals surface area contributed by atoms with Gasteiger partial charge in [0.1, 0.15) is 11.2 Å². The van der Waals surface area contributed by atoms with E-state index in [-0.39, 0.29) is 0 Å². The molecule has 1 nitrogen and oxygen atoms in total. The fourth-order valence-corrected chi connectivity index (χ4v) is 1.68. The van der Waals surface area contributed by atoms with Gasteiger partial charge in [0, 0.05) is 5.56 Å². The fraction of sp³-hybridized carbons (Fsp3) is 0.133. The van der Waals surface area contributed by atoms with Crippen LogP contribution >= 0.6 is 0 Å². The van der Waals surface area contributed by atoms with Crippen LogP contribution in [-0.4, -0.2) is 0 Å². The Labute approximate surface area is 95.1 Å². The first-order chi connectivity index (χ1) is 7.77. The van der Waals surface area contributed by atoms with Gasteiger partial charge in [-0.3, -0.25) is 0 Å². The summed E-state index contributed by atoms with van der Waals surface area (Å²) in [6, 6.07) is 0. The molecule has 1 heteroatoms. The van der Waals surface area contributed by atoms with E-state index in [1.807, 2.05) is 50.3 Å². The van der Waals surface area contributed by atoms with Crippen LogP contribution in [0.4, 0.5) is 0 Å². The standard InChI is InChI=1S/C15H14O/c1-4-11(3)15-12(5-2)13-9-7-6-8-10-14(13)16-15/h4-8,10H,2H2,1,3H3/b11-4-. The molecule has 0 aliphatic heterocycles. The van der Waals surface area contributed by atoms with Crippen LogP contribution in [0.2, 0.25) is 0 Å². The average molecular weight is 210 g/mol. The highest BCUT2D eigenvalue weighted by Gasteiger charge is 2.09. The molecule has 0 unspecified atom stereocenters. The number of allylic oxidation sites excluding steroid dienone is 5. The molecule has 0 radical (unpaired) electrons. The normalized spacial score (nSPS) is 13.8. The smallest absolute Gasteiger partial charge is 0.143 e. The number of furan rings is 1. The van der Waals surface area contributed by atoms with E-state index in [9.17, 15) is 0 Å². The molecule has 2 rings (SSSR count). The molecule has 1 aliphatic carbocycles. The van der Waals surface area contributed by atoms with Gasteiger partial charge in [-0.25, -0.2) is 0 Å². The van der Waals surface area contributed by atoms with Crippen molar-refractivity contribution in [3.63, 3.8) is 0 Å². The van der Waals surface area contributed by atoms with Crippen LogP contribution in [0.1, 0.15) is 25.2 Å². The van der Waals surface area contributed by atoms with E-state index in [0.29, 0.717) is 0 Å². The predicted molar refractivity (Wildman–Crippen MR) is 69.0 cm³/mol. The first kappa shape index (κ1) is 10.5. The molecule has 16 heavy (non-hydrogen) atoms. The Bertz CT molecular complexity index is 630. The number of rotatable bonds is 2. The quantitative estimate of drug-likeness (QED) is 0.731. The maximum absolute atomic E-state index is 5.83. The summed E-state index contributed by atoms with van der Waals surface area (Å²) in [6.07, 6.45) is 11.6. The summed E-state index contributed by atoms with van der Waals surface area (Å²) < 4.78 is 5.83. The molecule has 0 fully saturated rings. The van der Waals surface area contributed by atoms with Crippen LogP contribution in [0, 0.1) is 0 Å². The lowest BCUT2D eigenvalue weighted by Gasteiger charge is -1.95. The van der Waals surface area contributed by atoms with E-state index in [1.54, 1.807) is 0 Å². The predicted octanol–water partition coefficient (Wildman–Crippen LogP) is 2.63. The van der Waals surface area contributed by atoms with Gasteiger partial charge in [-0.05, 0) is 31.6 Å². The minimum Gasteiger partial charge on any atom is -0.455 e. The molecule has 1 heterocycles. The highest BCUT2D eigenvalue weighted by Crippen LogP contribution is 2.15. The second-order valence-corrected chi connectivity index (χ2v) is 3.62. The van der Waals surface area contributed by atoms with Crippen LogP contribution in [0.3, 0.4) is 0 Å². The first-order valence-corrected chi connectivity index (χ1v) is 5.30. The summed E-state index contributed by atoms with van der Waals surface area (Å²) in [6.45, 7) is 7.88.